The van der Waals surface area contributed by atoms with Gasteiger partial charge in [0.2, 0.25) is 0 Å². The second kappa shape index (κ2) is 10.7. The summed E-state index contributed by atoms with van der Waals surface area (Å²) >= 11 is 12.5. The van der Waals surface area contributed by atoms with Gasteiger partial charge in [-0.15, -0.1) is 0 Å². The van der Waals surface area contributed by atoms with Crippen molar-refractivity contribution in [2.24, 2.45) is 11.6 Å². The van der Waals surface area contributed by atoms with E-state index in [0.29, 0.717) is 38.7 Å². The minimum absolute atomic E-state index is 0.0521. The van der Waals surface area contributed by atoms with Crippen LogP contribution in [0.2, 0.25) is 10.0 Å². The Labute approximate surface area is 216 Å². The molecule has 182 valence electrons. The van der Waals surface area contributed by atoms with Crippen LogP contribution < -0.4 is 22.2 Å². The molecular weight excluding hydrogens is 502 g/mol. The van der Waals surface area contributed by atoms with E-state index in [1.807, 2.05) is 6.07 Å². The lowest BCUT2D eigenvalue weighted by Gasteiger charge is -2.23. The number of nitrogens with two attached hydrogens (primary N) is 2. The lowest BCUT2D eigenvalue weighted by atomic mass is 10.0. The normalized spacial score (nSPS) is 12.2. The van der Waals surface area contributed by atoms with E-state index in [9.17, 15) is 9.65 Å². The maximum Gasteiger partial charge on any atom is 0.141 e. The molecule has 0 aliphatic heterocycles. The molecule has 36 heavy (non-hydrogen) atoms. The molecular formula is C25H21Cl2FN8. The standard InChI is InChI=1S/C25H21Cl2FN8/c1-36(31)13-22(30)24(14-3-2-6-32-11-14)35-17-7-18-23(34-16-4-5-21(28)19(26)8-16)15(10-29)12-33-25(18)20(27)9-17/h2-9,11-13,24,35H,30-31H2,1H3,(H,33,34)/b22-13-. The first kappa shape index (κ1) is 25.0. The van der Waals surface area contributed by atoms with Crippen LogP contribution in [-0.2, 0) is 0 Å². The molecule has 2 aromatic heterocycles. The third-order valence-electron chi connectivity index (χ3n) is 5.25. The number of hydrogen-bond acceptors (Lipinski definition) is 8. The number of anilines is 3. The maximum atomic E-state index is 13.7. The molecule has 2 heterocycles. The lowest BCUT2D eigenvalue weighted by Crippen LogP contribution is -2.25. The van der Waals surface area contributed by atoms with Gasteiger partial charge in [0.05, 0.1) is 38.6 Å². The molecule has 0 spiro atoms. The van der Waals surface area contributed by atoms with Gasteiger partial charge in [-0.2, -0.15) is 5.26 Å². The van der Waals surface area contributed by atoms with Crippen LogP contribution in [0, 0.1) is 17.1 Å². The molecule has 0 saturated heterocycles. The van der Waals surface area contributed by atoms with Crippen LogP contribution in [0.4, 0.5) is 21.5 Å². The van der Waals surface area contributed by atoms with Gasteiger partial charge in [0.1, 0.15) is 11.9 Å². The smallest absolute Gasteiger partial charge is 0.141 e. The highest BCUT2D eigenvalue weighted by molar-refractivity contribution is 6.36. The van der Waals surface area contributed by atoms with Gasteiger partial charge in [0.25, 0.3) is 0 Å². The van der Waals surface area contributed by atoms with Crippen molar-refractivity contribution in [3.63, 3.8) is 0 Å². The van der Waals surface area contributed by atoms with Crippen molar-refractivity contribution < 1.29 is 4.39 Å². The third-order valence-corrected chi connectivity index (χ3v) is 5.83. The van der Waals surface area contributed by atoms with Crippen LogP contribution in [-0.4, -0.2) is 22.0 Å². The van der Waals surface area contributed by atoms with E-state index < -0.39 is 11.9 Å². The molecule has 0 amide bonds. The number of benzene rings is 2. The molecule has 4 rings (SSSR count). The third kappa shape index (κ3) is 5.42. The van der Waals surface area contributed by atoms with Crippen molar-refractivity contribution in [1.29, 1.82) is 5.26 Å². The Kier molecular flexibility index (Phi) is 7.41. The minimum Gasteiger partial charge on any atom is -0.399 e. The summed E-state index contributed by atoms with van der Waals surface area (Å²) in [6.07, 6.45) is 6.37. The molecule has 0 aliphatic carbocycles. The van der Waals surface area contributed by atoms with E-state index in [4.69, 9.17) is 34.8 Å². The first-order valence-corrected chi connectivity index (χ1v) is 11.4. The molecule has 2 aromatic carbocycles. The van der Waals surface area contributed by atoms with Crippen LogP contribution in [0.1, 0.15) is 17.2 Å². The summed E-state index contributed by atoms with van der Waals surface area (Å²) in [5.41, 5.74) is 9.88. The molecule has 1 atom stereocenters. The van der Waals surface area contributed by atoms with Crippen LogP contribution in [0.15, 0.2) is 73.0 Å². The Morgan fingerprint density at radius 2 is 1.94 bits per heavy atom. The average molecular weight is 523 g/mol. The molecule has 11 heteroatoms. The zero-order chi connectivity index (χ0) is 25.8. The number of nitrogens with one attached hydrogen (secondary N) is 2. The second-order valence-corrected chi connectivity index (χ2v) is 8.74. The molecule has 4 aromatic rings. The highest BCUT2D eigenvalue weighted by Gasteiger charge is 2.18. The molecule has 1 unspecified atom stereocenters. The number of nitrogens with zero attached hydrogens (tertiary/aromatic N) is 4. The molecule has 6 N–H and O–H groups in total. The van der Waals surface area contributed by atoms with Gasteiger partial charge >= 0.3 is 0 Å². The number of rotatable bonds is 7. The molecule has 0 radical (unpaired) electrons. The van der Waals surface area contributed by atoms with Gasteiger partial charge < -0.3 is 21.4 Å². The van der Waals surface area contributed by atoms with Crippen molar-refractivity contribution in [2.75, 3.05) is 17.7 Å². The van der Waals surface area contributed by atoms with Gasteiger partial charge in [0, 0.05) is 48.6 Å². The molecule has 0 bridgehead atoms. The first-order chi connectivity index (χ1) is 17.3. The van der Waals surface area contributed by atoms with E-state index in [1.165, 1.54) is 29.4 Å². The fraction of sp³-hybridized carbons (Fsp3) is 0.0800. The van der Waals surface area contributed by atoms with Gasteiger partial charge in [0.15, 0.2) is 0 Å². The van der Waals surface area contributed by atoms with E-state index in [2.05, 4.69) is 26.7 Å². The van der Waals surface area contributed by atoms with Crippen LogP contribution >= 0.6 is 23.2 Å². The Hall–Kier alpha value is -4.10. The number of hydrogen-bond donors (Lipinski definition) is 4. The molecule has 0 saturated carbocycles. The van der Waals surface area contributed by atoms with Crippen LogP contribution in [0.25, 0.3) is 10.9 Å². The van der Waals surface area contributed by atoms with Gasteiger partial charge in [-0.05, 0) is 42.0 Å². The quantitative estimate of drug-likeness (QED) is 0.186. The number of aromatic nitrogens is 2. The van der Waals surface area contributed by atoms with E-state index in [0.717, 1.165) is 5.56 Å². The van der Waals surface area contributed by atoms with Crippen molar-refractivity contribution in [2.45, 2.75) is 6.04 Å². The van der Waals surface area contributed by atoms with Crippen LogP contribution in [0.3, 0.4) is 0 Å². The monoisotopic (exact) mass is 522 g/mol. The summed E-state index contributed by atoms with van der Waals surface area (Å²) in [5.74, 6) is 5.23. The minimum atomic E-state index is -0.549. The Bertz CT molecular complexity index is 1490. The predicted octanol–water partition coefficient (Wildman–Crippen LogP) is 5.45. The second-order valence-electron chi connectivity index (χ2n) is 7.93. The predicted molar refractivity (Wildman–Crippen MR) is 141 cm³/mol. The Morgan fingerprint density at radius 1 is 1.17 bits per heavy atom. The topological polar surface area (TPSA) is 129 Å². The van der Waals surface area contributed by atoms with Gasteiger partial charge in [-0.1, -0.05) is 29.3 Å². The van der Waals surface area contributed by atoms with Crippen molar-refractivity contribution in [1.82, 2.24) is 15.0 Å². The Balaban J connectivity index is 1.83. The highest BCUT2D eigenvalue weighted by Crippen LogP contribution is 2.36. The fourth-order valence-electron chi connectivity index (χ4n) is 3.66. The summed E-state index contributed by atoms with van der Waals surface area (Å²) in [5, 5.41) is 18.5. The number of halogens is 3. The maximum absolute atomic E-state index is 13.7. The van der Waals surface area contributed by atoms with E-state index >= 15 is 0 Å². The van der Waals surface area contributed by atoms with Crippen molar-refractivity contribution >= 4 is 51.2 Å². The number of nitriles is 1. The summed E-state index contributed by atoms with van der Waals surface area (Å²) in [6.45, 7) is 0. The van der Waals surface area contributed by atoms with Gasteiger partial charge in [-0.25, -0.2) is 10.2 Å². The summed E-state index contributed by atoms with van der Waals surface area (Å²) < 4.78 is 13.7. The average Bonchev–Trinajstić information content (AvgIpc) is 2.85. The number of fused-ring (bicyclic) bond motifs is 1. The lowest BCUT2D eigenvalue weighted by molar-refractivity contribution is 0.476. The number of hydrazine groups is 1. The fourth-order valence-corrected chi connectivity index (χ4v) is 4.11. The van der Waals surface area contributed by atoms with Gasteiger partial charge in [-0.3, -0.25) is 9.97 Å². The molecule has 0 aliphatic rings. The largest absolute Gasteiger partial charge is 0.399 e. The first-order valence-electron chi connectivity index (χ1n) is 10.6. The van der Waals surface area contributed by atoms with Crippen LogP contribution in [0.5, 0.6) is 0 Å². The summed E-state index contributed by atoms with van der Waals surface area (Å²) in [7, 11) is 1.66. The molecule has 8 nitrogen and oxygen atoms in total. The zero-order valence-corrected chi connectivity index (χ0v) is 20.5. The Morgan fingerprint density at radius 3 is 2.61 bits per heavy atom. The van der Waals surface area contributed by atoms with Crippen molar-refractivity contribution in [3.8, 4) is 6.07 Å². The van der Waals surface area contributed by atoms with E-state index in [-0.39, 0.29) is 10.6 Å². The summed E-state index contributed by atoms with van der Waals surface area (Å²) in [4.78, 5) is 8.55. The zero-order valence-electron chi connectivity index (χ0n) is 19.0. The number of pyridine rings is 2. The summed E-state index contributed by atoms with van der Waals surface area (Å²) in [6, 6.07) is 13.0. The molecule has 0 fully saturated rings. The highest BCUT2D eigenvalue weighted by atomic mass is 35.5. The van der Waals surface area contributed by atoms with E-state index in [1.54, 1.807) is 43.8 Å². The van der Waals surface area contributed by atoms with Crippen molar-refractivity contribution in [3.05, 3.63) is 99.9 Å². The SMILES string of the molecule is CN(N)/C=C(\N)C(Nc1cc(Cl)c2ncc(C#N)c(Nc3ccc(F)c(Cl)c3)c2c1)c1cccnc1.